The third-order valence-electron chi connectivity index (χ3n) is 6.03. The number of hydrogen-bond donors (Lipinski definition) is 1. The summed E-state index contributed by atoms with van der Waals surface area (Å²) in [5.41, 5.74) is 8.58. The number of amides is 1. The van der Waals surface area contributed by atoms with Gasteiger partial charge in [0.15, 0.2) is 5.65 Å². The van der Waals surface area contributed by atoms with Gasteiger partial charge in [-0.1, -0.05) is 13.8 Å². The Morgan fingerprint density at radius 3 is 2.91 bits per heavy atom. The van der Waals surface area contributed by atoms with E-state index in [1.54, 1.807) is 24.0 Å². The van der Waals surface area contributed by atoms with Gasteiger partial charge in [-0.2, -0.15) is 5.10 Å². The van der Waals surface area contributed by atoms with E-state index < -0.39 is 6.04 Å². The zero-order valence-corrected chi connectivity index (χ0v) is 19.1. The molecule has 4 heterocycles. The molecule has 32 heavy (non-hydrogen) atoms. The minimum atomic E-state index is -0.452. The van der Waals surface area contributed by atoms with Gasteiger partial charge in [0.1, 0.15) is 5.82 Å². The molecule has 1 aliphatic heterocycles. The summed E-state index contributed by atoms with van der Waals surface area (Å²) in [6, 6.07) is 5.43. The molecule has 0 spiro atoms. The fourth-order valence-electron chi connectivity index (χ4n) is 4.30. The van der Waals surface area contributed by atoms with Crippen molar-refractivity contribution in [2.24, 2.45) is 11.7 Å². The van der Waals surface area contributed by atoms with Crippen molar-refractivity contribution in [1.29, 1.82) is 0 Å². The summed E-state index contributed by atoms with van der Waals surface area (Å²) in [6.07, 6.45) is 6.96. The maximum atomic E-state index is 12.7. The van der Waals surface area contributed by atoms with Crippen LogP contribution in [0.15, 0.2) is 36.8 Å². The van der Waals surface area contributed by atoms with Gasteiger partial charge in [-0.05, 0) is 37.0 Å². The molecular formula is C23H31N7O2. The molecule has 0 bridgehead atoms. The second kappa shape index (κ2) is 9.12. The normalized spacial score (nSPS) is 17.2. The van der Waals surface area contributed by atoms with Crippen LogP contribution in [-0.2, 0) is 4.79 Å². The molecular weight excluding hydrogens is 406 g/mol. The molecule has 9 heteroatoms. The Balaban J connectivity index is 1.54. The number of carbonyl (C=O) groups excluding carboxylic acids is 1. The van der Waals surface area contributed by atoms with Gasteiger partial charge in [0.05, 0.1) is 31.0 Å². The minimum Gasteiger partial charge on any atom is -0.481 e. The Bertz CT molecular complexity index is 1100. The van der Waals surface area contributed by atoms with E-state index in [0.29, 0.717) is 18.2 Å². The van der Waals surface area contributed by atoms with Gasteiger partial charge in [0.25, 0.3) is 0 Å². The molecule has 3 aromatic rings. The highest BCUT2D eigenvalue weighted by Gasteiger charge is 2.31. The molecule has 1 aliphatic rings. The molecule has 4 rings (SSSR count). The van der Waals surface area contributed by atoms with Gasteiger partial charge in [-0.15, -0.1) is 0 Å². The molecule has 2 N–H and O–H groups in total. The number of hydrogen-bond acceptors (Lipinski definition) is 7. The van der Waals surface area contributed by atoms with Crippen LogP contribution in [0.1, 0.15) is 26.7 Å². The number of nitrogens with two attached hydrogens (primary N) is 1. The predicted molar refractivity (Wildman–Crippen MR) is 124 cm³/mol. The fraction of sp³-hybridized carbons (Fsp3) is 0.478. The van der Waals surface area contributed by atoms with Crippen LogP contribution in [0.5, 0.6) is 5.88 Å². The summed E-state index contributed by atoms with van der Waals surface area (Å²) in [5, 5.41) is 4.43. The van der Waals surface area contributed by atoms with Gasteiger partial charge in [-0.25, -0.2) is 14.5 Å². The maximum Gasteiger partial charge on any atom is 0.239 e. The van der Waals surface area contributed by atoms with Gasteiger partial charge >= 0.3 is 0 Å². The third kappa shape index (κ3) is 4.25. The number of aromatic nitrogens is 4. The van der Waals surface area contributed by atoms with Crippen molar-refractivity contribution in [2.45, 2.75) is 38.8 Å². The van der Waals surface area contributed by atoms with Gasteiger partial charge < -0.3 is 20.3 Å². The molecule has 3 aromatic heterocycles. The van der Waals surface area contributed by atoms with Crippen LogP contribution in [-0.4, -0.2) is 69.7 Å². The van der Waals surface area contributed by atoms with Crippen molar-refractivity contribution in [3.8, 4) is 17.0 Å². The zero-order valence-electron chi connectivity index (χ0n) is 19.1. The summed E-state index contributed by atoms with van der Waals surface area (Å²) in [6.45, 7) is 5.71. The first-order valence-electron chi connectivity index (χ1n) is 11.0. The first kappa shape index (κ1) is 22.0. The van der Waals surface area contributed by atoms with E-state index in [0.717, 1.165) is 42.1 Å². The highest BCUT2D eigenvalue weighted by atomic mass is 16.5. The van der Waals surface area contributed by atoms with Crippen molar-refractivity contribution in [3.05, 3.63) is 36.8 Å². The van der Waals surface area contributed by atoms with Crippen molar-refractivity contribution < 1.29 is 9.53 Å². The average Bonchev–Trinajstić information content (AvgIpc) is 3.44. The van der Waals surface area contributed by atoms with Crippen LogP contribution in [0.2, 0.25) is 0 Å². The van der Waals surface area contributed by atoms with Crippen molar-refractivity contribution >= 4 is 17.4 Å². The Morgan fingerprint density at radius 1 is 1.34 bits per heavy atom. The predicted octanol–water partition coefficient (Wildman–Crippen LogP) is 2.21. The van der Waals surface area contributed by atoms with Crippen LogP contribution < -0.4 is 15.4 Å². The van der Waals surface area contributed by atoms with Crippen LogP contribution in [0.3, 0.4) is 0 Å². The number of rotatable bonds is 7. The highest BCUT2D eigenvalue weighted by Crippen LogP contribution is 2.31. The maximum absolute atomic E-state index is 12.7. The first-order valence-corrected chi connectivity index (χ1v) is 11.0. The minimum absolute atomic E-state index is 0.00992. The largest absolute Gasteiger partial charge is 0.481 e. The van der Waals surface area contributed by atoms with E-state index in [4.69, 9.17) is 15.5 Å². The van der Waals surface area contributed by atoms with Crippen LogP contribution >= 0.6 is 0 Å². The van der Waals surface area contributed by atoms with E-state index in [1.165, 1.54) is 0 Å². The summed E-state index contributed by atoms with van der Waals surface area (Å²) < 4.78 is 7.17. The van der Waals surface area contributed by atoms with Gasteiger partial charge in [0.2, 0.25) is 11.8 Å². The van der Waals surface area contributed by atoms with E-state index in [1.807, 2.05) is 36.3 Å². The summed E-state index contributed by atoms with van der Waals surface area (Å²) in [5.74, 6) is 1.79. The zero-order chi connectivity index (χ0) is 22.8. The second-order valence-corrected chi connectivity index (χ2v) is 8.75. The Hall–Kier alpha value is -3.20. The van der Waals surface area contributed by atoms with E-state index >= 15 is 0 Å². The molecule has 0 radical (unpaired) electrons. The number of methoxy groups -OCH3 is 1. The number of ether oxygens (including phenoxy) is 1. The van der Waals surface area contributed by atoms with Crippen LogP contribution in [0.4, 0.5) is 5.82 Å². The SMILES string of the molecule is COc1ncccc1-c1cnn2ccc(N3CCC(N(C)C(=O)C(N)CC(C)C)C3)nc12. The summed E-state index contributed by atoms with van der Waals surface area (Å²) in [4.78, 5) is 26.0. The lowest BCUT2D eigenvalue weighted by atomic mass is 10.0. The fourth-order valence-corrected chi connectivity index (χ4v) is 4.30. The van der Waals surface area contributed by atoms with Crippen LogP contribution in [0, 0.1) is 5.92 Å². The average molecular weight is 438 g/mol. The molecule has 1 amide bonds. The Kier molecular flexibility index (Phi) is 6.27. The molecule has 2 atom stereocenters. The lowest BCUT2D eigenvalue weighted by molar-refractivity contribution is -0.133. The lowest BCUT2D eigenvalue weighted by Gasteiger charge is -2.28. The molecule has 1 saturated heterocycles. The number of pyridine rings is 1. The summed E-state index contributed by atoms with van der Waals surface area (Å²) in [7, 11) is 3.46. The third-order valence-corrected chi connectivity index (χ3v) is 6.03. The number of nitrogens with zero attached hydrogens (tertiary/aromatic N) is 6. The van der Waals surface area contributed by atoms with Crippen molar-refractivity contribution in [1.82, 2.24) is 24.5 Å². The topological polar surface area (TPSA) is 102 Å². The number of likely N-dealkylation sites (N-methyl/N-ethyl adjacent to an activating group) is 1. The number of fused-ring (bicyclic) bond motifs is 1. The second-order valence-electron chi connectivity index (χ2n) is 8.75. The highest BCUT2D eigenvalue weighted by molar-refractivity contribution is 5.82. The monoisotopic (exact) mass is 437 g/mol. The van der Waals surface area contributed by atoms with E-state index in [-0.39, 0.29) is 11.9 Å². The van der Waals surface area contributed by atoms with Crippen molar-refractivity contribution in [2.75, 3.05) is 32.1 Å². The first-order chi connectivity index (χ1) is 15.4. The molecule has 170 valence electrons. The van der Waals surface area contributed by atoms with E-state index in [9.17, 15) is 4.79 Å². The molecule has 1 fully saturated rings. The van der Waals surface area contributed by atoms with E-state index in [2.05, 4.69) is 28.8 Å². The number of anilines is 1. The molecule has 9 nitrogen and oxygen atoms in total. The molecule has 0 saturated carbocycles. The standard InChI is InChI=1S/C23H31N7O2/c1-15(2)12-19(24)23(31)28(3)16-7-10-29(14-16)20-8-11-30-21(27-20)18(13-26-30)17-6-5-9-25-22(17)32-4/h5-6,8-9,11,13,15-16,19H,7,10,12,14,24H2,1-4H3. The Morgan fingerprint density at radius 2 is 2.16 bits per heavy atom. The quantitative estimate of drug-likeness (QED) is 0.605. The Labute approximate surface area is 188 Å². The lowest BCUT2D eigenvalue weighted by Crippen LogP contribution is -2.47. The molecule has 2 unspecified atom stereocenters. The smallest absolute Gasteiger partial charge is 0.239 e. The molecule has 0 aliphatic carbocycles. The van der Waals surface area contributed by atoms with Crippen molar-refractivity contribution in [3.63, 3.8) is 0 Å². The summed E-state index contributed by atoms with van der Waals surface area (Å²) >= 11 is 0. The molecule has 0 aromatic carbocycles. The van der Waals surface area contributed by atoms with Crippen LogP contribution in [0.25, 0.3) is 16.8 Å². The number of carbonyl (C=O) groups is 1. The van der Waals surface area contributed by atoms with Gasteiger partial charge in [0, 0.05) is 38.1 Å². The van der Waals surface area contributed by atoms with Gasteiger partial charge in [-0.3, -0.25) is 4.79 Å².